The Morgan fingerprint density at radius 3 is 2.83 bits per heavy atom. The van der Waals surface area contributed by atoms with Crippen molar-refractivity contribution in [1.82, 2.24) is 0 Å². The largest absolute Gasteiger partial charge is 0.367 e. The summed E-state index contributed by atoms with van der Waals surface area (Å²) in [6.45, 7) is 2.13. The van der Waals surface area contributed by atoms with E-state index in [0.29, 0.717) is 6.10 Å². The molecular formula is C4H10NO+. The lowest BCUT2D eigenvalue weighted by atomic mass is 10.5. The molecular weight excluding hydrogens is 78.0 g/mol. The van der Waals surface area contributed by atoms with Crippen molar-refractivity contribution in [3.05, 3.63) is 0 Å². The molecule has 1 aliphatic heterocycles. The number of nitrogens with two attached hydrogens (primary N) is 1. The topological polar surface area (TPSA) is 29.1 Å². The Hall–Kier alpha value is -0.0800. The molecule has 1 fully saturated rings. The number of hydrogen-bond donors (Lipinski definition) is 1. The lowest BCUT2D eigenvalue weighted by Gasteiger charge is -1.81. The van der Waals surface area contributed by atoms with Crippen LogP contribution in [0.25, 0.3) is 0 Å². The molecule has 1 atom stereocenters. The van der Waals surface area contributed by atoms with Crippen LogP contribution in [0.2, 0.25) is 0 Å². The number of hydrogen-bond acceptors (Lipinski definition) is 1. The molecule has 1 saturated heterocycles. The van der Waals surface area contributed by atoms with Crippen molar-refractivity contribution < 1.29 is 10.1 Å². The highest BCUT2D eigenvalue weighted by Gasteiger charge is 2.22. The highest BCUT2D eigenvalue weighted by atomic mass is 16.6. The van der Waals surface area contributed by atoms with Crippen LogP contribution in [-0.4, -0.2) is 26.3 Å². The highest BCUT2D eigenvalue weighted by Crippen LogP contribution is 2.03. The Bertz CT molecular complexity index is 42.8. The number of rotatable bonds is 2. The van der Waals surface area contributed by atoms with Crippen LogP contribution in [0.3, 0.4) is 0 Å². The Kier molecular flexibility index (Phi) is 1.08. The molecule has 0 aromatic heterocycles. The maximum Gasteiger partial charge on any atom is 0.130 e. The molecule has 1 unspecified atom stereocenters. The van der Waals surface area contributed by atoms with E-state index >= 15 is 0 Å². The molecule has 36 valence electrons. The second-order valence-corrected chi connectivity index (χ2v) is 1.60. The van der Waals surface area contributed by atoms with Crippen molar-refractivity contribution in [2.75, 3.05) is 20.2 Å². The van der Waals surface area contributed by atoms with Gasteiger partial charge in [-0.15, -0.1) is 0 Å². The number of quaternary nitrogens is 1. The minimum absolute atomic E-state index is 0.593. The summed E-state index contributed by atoms with van der Waals surface area (Å²) in [6, 6.07) is 0. The first-order chi connectivity index (χ1) is 2.93. The summed E-state index contributed by atoms with van der Waals surface area (Å²) in [7, 11) is 2.06. The summed E-state index contributed by atoms with van der Waals surface area (Å²) >= 11 is 0. The Labute approximate surface area is 37.5 Å². The number of epoxide rings is 1. The predicted octanol–water partition coefficient (Wildman–Crippen LogP) is -1.42. The Morgan fingerprint density at radius 2 is 2.67 bits per heavy atom. The van der Waals surface area contributed by atoms with E-state index in [-0.39, 0.29) is 0 Å². The van der Waals surface area contributed by atoms with Gasteiger partial charge in [-0.1, -0.05) is 0 Å². The van der Waals surface area contributed by atoms with Crippen LogP contribution in [-0.2, 0) is 4.74 Å². The van der Waals surface area contributed by atoms with Crippen LogP contribution >= 0.6 is 0 Å². The van der Waals surface area contributed by atoms with Gasteiger partial charge in [-0.3, -0.25) is 0 Å². The van der Waals surface area contributed by atoms with E-state index in [1.807, 2.05) is 0 Å². The maximum absolute atomic E-state index is 4.92. The number of likely N-dealkylation sites (N-methyl/N-ethyl adjacent to an activating group) is 1. The second-order valence-electron chi connectivity index (χ2n) is 1.60. The van der Waals surface area contributed by atoms with Gasteiger partial charge in [0.25, 0.3) is 0 Å². The summed E-state index contributed by atoms with van der Waals surface area (Å²) in [5.74, 6) is 0. The van der Waals surface area contributed by atoms with Gasteiger partial charge >= 0.3 is 0 Å². The molecule has 0 bridgehead atoms. The minimum Gasteiger partial charge on any atom is -0.367 e. The second kappa shape index (κ2) is 1.58. The lowest BCUT2D eigenvalue weighted by molar-refractivity contribution is -0.628. The average molecular weight is 88.1 g/mol. The van der Waals surface area contributed by atoms with Crippen molar-refractivity contribution in [2.45, 2.75) is 6.10 Å². The Morgan fingerprint density at radius 1 is 2.00 bits per heavy atom. The zero-order valence-electron chi connectivity index (χ0n) is 3.98. The van der Waals surface area contributed by atoms with Crippen LogP contribution in [0.15, 0.2) is 0 Å². The van der Waals surface area contributed by atoms with Crippen LogP contribution < -0.4 is 5.32 Å². The maximum atomic E-state index is 4.92. The van der Waals surface area contributed by atoms with Crippen LogP contribution in [0.5, 0.6) is 0 Å². The van der Waals surface area contributed by atoms with E-state index in [1.54, 1.807) is 0 Å². The Balaban J connectivity index is 1.88. The molecule has 1 aliphatic rings. The quantitative estimate of drug-likeness (QED) is 0.412. The van der Waals surface area contributed by atoms with Gasteiger partial charge in [-0.05, 0) is 0 Å². The normalized spacial score (nSPS) is 30.5. The standard InChI is InChI=1S/C4H9NO/c1-5-2-4-3-6-4/h4-5H,2-3H2,1H3/p+1. The van der Waals surface area contributed by atoms with Gasteiger partial charge in [0.1, 0.15) is 12.6 Å². The predicted molar refractivity (Wildman–Crippen MR) is 22.5 cm³/mol. The van der Waals surface area contributed by atoms with Gasteiger partial charge in [-0.25, -0.2) is 0 Å². The third-order valence-electron chi connectivity index (χ3n) is 0.901. The third-order valence-corrected chi connectivity index (χ3v) is 0.901. The van der Waals surface area contributed by atoms with E-state index in [0.717, 1.165) is 13.2 Å². The zero-order chi connectivity index (χ0) is 4.41. The molecule has 0 amide bonds. The SMILES string of the molecule is C[NH2+]CC1CO1. The van der Waals surface area contributed by atoms with Gasteiger partial charge in [0.2, 0.25) is 0 Å². The molecule has 2 nitrogen and oxygen atoms in total. The lowest BCUT2D eigenvalue weighted by Crippen LogP contribution is -2.81. The molecule has 0 spiro atoms. The number of ether oxygens (including phenoxy) is 1. The summed E-state index contributed by atoms with van der Waals surface area (Å²) in [4.78, 5) is 0. The van der Waals surface area contributed by atoms with Crippen molar-refractivity contribution >= 4 is 0 Å². The van der Waals surface area contributed by atoms with Crippen LogP contribution in [0, 0.1) is 0 Å². The average Bonchev–Trinajstić information content (AvgIpc) is 2.21. The smallest absolute Gasteiger partial charge is 0.130 e. The molecule has 2 heteroatoms. The molecule has 1 heterocycles. The first kappa shape index (κ1) is 4.09. The van der Waals surface area contributed by atoms with Crippen molar-refractivity contribution in [2.24, 2.45) is 0 Å². The fraction of sp³-hybridized carbons (Fsp3) is 1.00. The minimum atomic E-state index is 0.593. The van der Waals surface area contributed by atoms with E-state index in [4.69, 9.17) is 4.74 Å². The first-order valence-electron chi connectivity index (χ1n) is 2.33. The molecule has 6 heavy (non-hydrogen) atoms. The first-order valence-corrected chi connectivity index (χ1v) is 2.33. The molecule has 1 rings (SSSR count). The van der Waals surface area contributed by atoms with Crippen molar-refractivity contribution in [3.8, 4) is 0 Å². The van der Waals surface area contributed by atoms with Gasteiger partial charge in [-0.2, -0.15) is 0 Å². The summed E-state index contributed by atoms with van der Waals surface area (Å²) < 4.78 is 4.92. The molecule has 0 saturated carbocycles. The van der Waals surface area contributed by atoms with E-state index in [1.165, 1.54) is 0 Å². The fourth-order valence-corrected chi connectivity index (χ4v) is 0.467. The van der Waals surface area contributed by atoms with E-state index in [2.05, 4.69) is 12.4 Å². The van der Waals surface area contributed by atoms with Gasteiger partial charge in [0.15, 0.2) is 0 Å². The van der Waals surface area contributed by atoms with Crippen molar-refractivity contribution in [1.29, 1.82) is 0 Å². The summed E-state index contributed by atoms with van der Waals surface area (Å²) in [5, 5.41) is 2.14. The highest BCUT2D eigenvalue weighted by molar-refractivity contribution is 4.64. The molecule has 0 aliphatic carbocycles. The van der Waals surface area contributed by atoms with Gasteiger partial charge in [0, 0.05) is 0 Å². The van der Waals surface area contributed by atoms with E-state index in [9.17, 15) is 0 Å². The van der Waals surface area contributed by atoms with Crippen LogP contribution in [0.4, 0.5) is 0 Å². The third kappa shape index (κ3) is 0.954. The van der Waals surface area contributed by atoms with Gasteiger partial charge in [0.05, 0.1) is 13.7 Å². The molecule has 2 N–H and O–H groups in total. The molecule has 0 aromatic rings. The monoisotopic (exact) mass is 88.1 g/mol. The molecule has 0 radical (unpaired) electrons. The van der Waals surface area contributed by atoms with Crippen molar-refractivity contribution in [3.63, 3.8) is 0 Å². The fourth-order valence-electron chi connectivity index (χ4n) is 0.467. The molecule has 0 aromatic carbocycles. The van der Waals surface area contributed by atoms with E-state index < -0.39 is 0 Å². The zero-order valence-corrected chi connectivity index (χ0v) is 3.98. The van der Waals surface area contributed by atoms with Crippen LogP contribution in [0.1, 0.15) is 0 Å². The summed E-state index contributed by atoms with van der Waals surface area (Å²) in [6.07, 6.45) is 0.593. The summed E-state index contributed by atoms with van der Waals surface area (Å²) in [5.41, 5.74) is 0. The van der Waals surface area contributed by atoms with Gasteiger partial charge < -0.3 is 10.1 Å².